The number of nitrogens with zero attached hydrogens (tertiary/aromatic N) is 5. The molecule has 1 aliphatic rings. The molecule has 10 heteroatoms. The van der Waals surface area contributed by atoms with Crippen LogP contribution in [0.5, 0.6) is 0 Å². The van der Waals surface area contributed by atoms with Crippen LogP contribution >= 0.6 is 15.9 Å². The molecule has 0 saturated carbocycles. The molecule has 2 aromatic rings. The summed E-state index contributed by atoms with van der Waals surface area (Å²) in [5, 5.41) is 11.9. The number of aryl methyl sites for hydroxylation is 1. The molecule has 132 valence electrons. The SMILES string of the molecule is Cn1cc(Br)nc(Nc2ccc(N3CCN(C(=O)O)CC3)nc2)c1=O. The molecule has 9 nitrogen and oxygen atoms in total. The summed E-state index contributed by atoms with van der Waals surface area (Å²) >= 11 is 3.26. The van der Waals surface area contributed by atoms with Crippen LogP contribution in [-0.4, -0.2) is 56.8 Å². The van der Waals surface area contributed by atoms with Gasteiger partial charge in [0.15, 0.2) is 5.82 Å². The van der Waals surface area contributed by atoms with Crippen LogP contribution in [0.4, 0.5) is 22.1 Å². The van der Waals surface area contributed by atoms with Crippen molar-refractivity contribution in [1.29, 1.82) is 0 Å². The quantitative estimate of drug-likeness (QED) is 0.792. The molecule has 3 rings (SSSR count). The van der Waals surface area contributed by atoms with E-state index in [1.807, 2.05) is 17.0 Å². The predicted octanol–water partition coefficient (Wildman–Crippen LogP) is 1.48. The van der Waals surface area contributed by atoms with E-state index in [9.17, 15) is 9.59 Å². The van der Waals surface area contributed by atoms with E-state index >= 15 is 0 Å². The Morgan fingerprint density at radius 1 is 1.28 bits per heavy atom. The van der Waals surface area contributed by atoms with Gasteiger partial charge in [-0.15, -0.1) is 0 Å². The molecule has 2 aromatic heterocycles. The van der Waals surface area contributed by atoms with E-state index in [2.05, 4.69) is 31.2 Å². The van der Waals surface area contributed by atoms with Gasteiger partial charge < -0.3 is 24.8 Å². The van der Waals surface area contributed by atoms with Crippen molar-refractivity contribution in [2.24, 2.45) is 7.05 Å². The van der Waals surface area contributed by atoms with E-state index in [0.717, 1.165) is 5.82 Å². The molecule has 0 aromatic carbocycles. The predicted molar refractivity (Wildman–Crippen MR) is 96.5 cm³/mol. The van der Waals surface area contributed by atoms with Crippen molar-refractivity contribution in [1.82, 2.24) is 19.4 Å². The molecule has 0 spiro atoms. The molecular weight excluding hydrogens is 392 g/mol. The highest BCUT2D eigenvalue weighted by molar-refractivity contribution is 9.10. The molecule has 1 fully saturated rings. The number of piperazine rings is 1. The minimum absolute atomic E-state index is 0.210. The maximum atomic E-state index is 12.1. The molecule has 0 aliphatic carbocycles. The number of carbonyl (C=O) groups is 1. The number of amides is 1. The zero-order chi connectivity index (χ0) is 18.0. The molecule has 1 saturated heterocycles. The molecule has 0 radical (unpaired) electrons. The van der Waals surface area contributed by atoms with Crippen molar-refractivity contribution in [3.05, 3.63) is 39.5 Å². The van der Waals surface area contributed by atoms with Crippen LogP contribution in [0.3, 0.4) is 0 Å². The number of pyridine rings is 1. The van der Waals surface area contributed by atoms with Crippen molar-refractivity contribution < 1.29 is 9.90 Å². The lowest BCUT2D eigenvalue weighted by Gasteiger charge is -2.33. The standard InChI is InChI=1S/C15H17BrN6O3/c1-20-9-11(16)19-13(14(20)23)18-10-2-3-12(17-8-10)21-4-6-22(7-5-21)15(24)25/h2-3,8-9H,4-7H2,1H3,(H,18,19)(H,24,25). The molecule has 0 atom stereocenters. The van der Waals surface area contributed by atoms with Gasteiger partial charge in [-0.25, -0.2) is 14.8 Å². The monoisotopic (exact) mass is 408 g/mol. The van der Waals surface area contributed by atoms with Gasteiger partial charge in [-0.3, -0.25) is 4.79 Å². The van der Waals surface area contributed by atoms with E-state index < -0.39 is 6.09 Å². The van der Waals surface area contributed by atoms with Crippen LogP contribution in [0.15, 0.2) is 33.9 Å². The Morgan fingerprint density at radius 3 is 2.60 bits per heavy atom. The number of halogens is 1. The minimum atomic E-state index is -0.893. The fraction of sp³-hybridized carbons (Fsp3) is 0.333. The summed E-state index contributed by atoms with van der Waals surface area (Å²) in [4.78, 5) is 34.9. The smallest absolute Gasteiger partial charge is 0.407 e. The lowest BCUT2D eigenvalue weighted by atomic mass is 10.3. The number of anilines is 3. The number of carboxylic acid groups (broad SMARTS) is 1. The van der Waals surface area contributed by atoms with Crippen LogP contribution in [0.1, 0.15) is 0 Å². The van der Waals surface area contributed by atoms with Crippen molar-refractivity contribution >= 4 is 39.3 Å². The lowest BCUT2D eigenvalue weighted by molar-refractivity contribution is 0.142. The van der Waals surface area contributed by atoms with Crippen LogP contribution in [0, 0.1) is 0 Å². The molecule has 1 aliphatic heterocycles. The Kier molecular flexibility index (Phi) is 4.88. The summed E-state index contributed by atoms with van der Waals surface area (Å²) in [7, 11) is 1.65. The first kappa shape index (κ1) is 17.2. The van der Waals surface area contributed by atoms with E-state index in [1.165, 1.54) is 9.47 Å². The van der Waals surface area contributed by atoms with Crippen LogP contribution in [0.2, 0.25) is 0 Å². The van der Waals surface area contributed by atoms with Gasteiger partial charge in [0.2, 0.25) is 0 Å². The van der Waals surface area contributed by atoms with E-state index in [-0.39, 0.29) is 11.4 Å². The van der Waals surface area contributed by atoms with Gasteiger partial charge in [0.05, 0.1) is 11.9 Å². The third kappa shape index (κ3) is 3.90. The summed E-state index contributed by atoms with van der Waals surface area (Å²) < 4.78 is 1.99. The van der Waals surface area contributed by atoms with Gasteiger partial charge in [-0.1, -0.05) is 0 Å². The minimum Gasteiger partial charge on any atom is -0.465 e. The number of hydrogen-bond acceptors (Lipinski definition) is 6. The van der Waals surface area contributed by atoms with Crippen molar-refractivity contribution in [2.45, 2.75) is 0 Å². The maximum Gasteiger partial charge on any atom is 0.407 e. The van der Waals surface area contributed by atoms with Crippen LogP contribution in [0.25, 0.3) is 0 Å². The highest BCUT2D eigenvalue weighted by Crippen LogP contribution is 2.18. The van der Waals surface area contributed by atoms with E-state index in [0.29, 0.717) is 36.5 Å². The van der Waals surface area contributed by atoms with Gasteiger partial charge >= 0.3 is 6.09 Å². The zero-order valence-electron chi connectivity index (χ0n) is 13.5. The first-order chi connectivity index (χ1) is 11.9. The third-order valence-corrected chi connectivity index (χ3v) is 4.31. The molecule has 25 heavy (non-hydrogen) atoms. The Labute approximate surface area is 152 Å². The summed E-state index contributed by atoms with van der Waals surface area (Å²) in [6.07, 6.45) is 2.32. The van der Waals surface area contributed by atoms with Crippen LogP contribution < -0.4 is 15.8 Å². The van der Waals surface area contributed by atoms with Crippen molar-refractivity contribution in [3.8, 4) is 0 Å². The first-order valence-corrected chi connectivity index (χ1v) is 8.42. The second-order valence-electron chi connectivity index (χ2n) is 5.62. The Balaban J connectivity index is 1.69. The van der Waals surface area contributed by atoms with Gasteiger partial charge in [-0.05, 0) is 28.1 Å². The normalized spacial score (nSPS) is 14.5. The summed E-state index contributed by atoms with van der Waals surface area (Å²) in [5.41, 5.74) is 0.410. The molecule has 1 amide bonds. The summed E-state index contributed by atoms with van der Waals surface area (Å²) in [6.45, 7) is 2.10. The highest BCUT2D eigenvalue weighted by atomic mass is 79.9. The Hall–Kier alpha value is -2.62. The summed E-state index contributed by atoms with van der Waals surface area (Å²) in [5.74, 6) is 0.979. The molecule has 3 heterocycles. The largest absolute Gasteiger partial charge is 0.465 e. The number of aromatic nitrogens is 3. The number of hydrogen-bond donors (Lipinski definition) is 2. The van der Waals surface area contributed by atoms with E-state index in [1.54, 1.807) is 19.4 Å². The Bertz CT molecular complexity index is 830. The highest BCUT2D eigenvalue weighted by Gasteiger charge is 2.21. The maximum absolute atomic E-state index is 12.1. The third-order valence-electron chi connectivity index (χ3n) is 3.93. The van der Waals surface area contributed by atoms with Crippen LogP contribution in [-0.2, 0) is 7.05 Å². The first-order valence-electron chi connectivity index (χ1n) is 7.63. The Morgan fingerprint density at radius 2 is 2.00 bits per heavy atom. The fourth-order valence-corrected chi connectivity index (χ4v) is 3.05. The number of nitrogens with one attached hydrogen (secondary N) is 1. The average Bonchev–Trinajstić information content (AvgIpc) is 2.60. The van der Waals surface area contributed by atoms with Gasteiger partial charge in [0.25, 0.3) is 5.56 Å². The lowest BCUT2D eigenvalue weighted by Crippen LogP contribution is -2.48. The van der Waals surface area contributed by atoms with Gasteiger partial charge in [0, 0.05) is 39.4 Å². The molecule has 2 N–H and O–H groups in total. The molecule has 0 unspecified atom stereocenters. The van der Waals surface area contributed by atoms with E-state index in [4.69, 9.17) is 5.11 Å². The topological polar surface area (TPSA) is 104 Å². The van der Waals surface area contributed by atoms with Gasteiger partial charge in [-0.2, -0.15) is 0 Å². The van der Waals surface area contributed by atoms with Crippen molar-refractivity contribution in [3.63, 3.8) is 0 Å². The fourth-order valence-electron chi connectivity index (χ4n) is 2.56. The molecular formula is C15H17BrN6O3. The molecule has 0 bridgehead atoms. The second kappa shape index (κ2) is 7.09. The zero-order valence-corrected chi connectivity index (χ0v) is 15.1. The second-order valence-corrected chi connectivity index (χ2v) is 6.43. The van der Waals surface area contributed by atoms with Gasteiger partial charge in [0.1, 0.15) is 10.4 Å². The number of rotatable bonds is 3. The van der Waals surface area contributed by atoms with Crippen molar-refractivity contribution in [2.75, 3.05) is 36.4 Å². The summed E-state index contributed by atoms with van der Waals surface area (Å²) in [6, 6.07) is 3.65. The average molecular weight is 409 g/mol.